The summed E-state index contributed by atoms with van der Waals surface area (Å²) in [4.78, 5) is 19.0. The van der Waals surface area contributed by atoms with Crippen LogP contribution in [0.4, 0.5) is 0 Å². The van der Waals surface area contributed by atoms with E-state index in [1.54, 1.807) is 0 Å². The van der Waals surface area contributed by atoms with Crippen molar-refractivity contribution in [2.24, 2.45) is 5.92 Å². The van der Waals surface area contributed by atoms with Gasteiger partial charge < -0.3 is 29.6 Å². The average Bonchev–Trinajstić information content (AvgIpc) is 3.08. The highest BCUT2D eigenvalue weighted by molar-refractivity contribution is 7.80. The molecular formula is C20H29N4O3S+. The summed E-state index contributed by atoms with van der Waals surface area (Å²) >= 11 is 5.61. The van der Waals surface area contributed by atoms with E-state index < -0.39 is 0 Å². The zero-order valence-corrected chi connectivity index (χ0v) is 17.7. The number of aromatic nitrogens is 1. The van der Waals surface area contributed by atoms with Crippen molar-refractivity contribution >= 4 is 28.2 Å². The van der Waals surface area contributed by atoms with E-state index in [0.717, 1.165) is 30.5 Å². The van der Waals surface area contributed by atoms with Gasteiger partial charge in [-0.3, -0.25) is 4.79 Å². The zero-order valence-electron chi connectivity index (χ0n) is 16.9. The normalized spacial score (nSPS) is 12.8. The number of thiocarbonyl (C=S) groups is 1. The number of H-pyrrole nitrogens is 1. The van der Waals surface area contributed by atoms with Gasteiger partial charge in [0.05, 0.1) is 39.2 Å². The number of nitrogens with one attached hydrogen (secondary N) is 3. The lowest BCUT2D eigenvalue weighted by molar-refractivity contribution is -0.857. The van der Waals surface area contributed by atoms with E-state index >= 15 is 0 Å². The molecule has 0 bridgehead atoms. The van der Waals surface area contributed by atoms with Crippen LogP contribution in [0.3, 0.4) is 0 Å². The molecule has 1 aliphatic heterocycles. The van der Waals surface area contributed by atoms with Gasteiger partial charge >= 0.3 is 0 Å². The van der Waals surface area contributed by atoms with Crippen molar-refractivity contribution in [2.45, 2.75) is 20.4 Å². The molecule has 0 atom stereocenters. The fourth-order valence-corrected chi connectivity index (χ4v) is 3.22. The molecule has 1 aromatic heterocycles. The van der Waals surface area contributed by atoms with Crippen LogP contribution in [0.25, 0.3) is 10.9 Å². The monoisotopic (exact) mass is 405 g/mol. The second-order valence-corrected chi connectivity index (χ2v) is 8.26. The standard InChI is InChI=1S/C20H28N4O3S/c1-13(2)10-21-20(28)24(6-5-23(3)4)11-15-7-14-8-17-18(27-12-26-17)9-16(14)22-19(15)25/h7-9,13H,5-6,10-12H2,1-4H3,(H,21,28)(H,22,25)/p+1. The molecule has 152 valence electrons. The number of hydrogen-bond donors (Lipinski definition) is 3. The van der Waals surface area contributed by atoms with Crippen LogP contribution < -0.4 is 25.2 Å². The van der Waals surface area contributed by atoms with Gasteiger partial charge in [0.25, 0.3) is 5.56 Å². The molecule has 3 rings (SSSR count). The Bertz CT molecular complexity index is 910. The molecule has 1 aromatic carbocycles. The fraction of sp³-hybridized carbons (Fsp3) is 0.500. The molecule has 28 heavy (non-hydrogen) atoms. The Balaban J connectivity index is 1.84. The van der Waals surface area contributed by atoms with Crippen molar-refractivity contribution in [3.05, 3.63) is 34.1 Å². The molecule has 0 unspecified atom stereocenters. The van der Waals surface area contributed by atoms with Crippen molar-refractivity contribution < 1.29 is 14.4 Å². The highest BCUT2D eigenvalue weighted by Gasteiger charge is 2.18. The molecule has 3 N–H and O–H groups in total. The van der Waals surface area contributed by atoms with Gasteiger partial charge in [-0.25, -0.2) is 0 Å². The minimum absolute atomic E-state index is 0.111. The second kappa shape index (κ2) is 8.79. The van der Waals surface area contributed by atoms with Crippen LogP contribution >= 0.6 is 12.2 Å². The molecule has 8 heteroatoms. The summed E-state index contributed by atoms with van der Waals surface area (Å²) in [5.74, 6) is 1.85. The van der Waals surface area contributed by atoms with E-state index in [-0.39, 0.29) is 12.4 Å². The number of fused-ring (bicyclic) bond motifs is 2. The summed E-state index contributed by atoms with van der Waals surface area (Å²) < 4.78 is 10.8. The number of ether oxygens (including phenoxy) is 2. The maximum absolute atomic E-state index is 12.7. The van der Waals surface area contributed by atoms with Crippen LogP contribution in [0.5, 0.6) is 11.5 Å². The summed E-state index contributed by atoms with van der Waals surface area (Å²) in [6.07, 6.45) is 0. The van der Waals surface area contributed by atoms with Gasteiger partial charge in [-0.05, 0) is 30.3 Å². The van der Waals surface area contributed by atoms with E-state index in [1.807, 2.05) is 18.2 Å². The van der Waals surface area contributed by atoms with E-state index in [4.69, 9.17) is 21.7 Å². The molecule has 0 radical (unpaired) electrons. The number of aromatic amines is 1. The van der Waals surface area contributed by atoms with Crippen molar-refractivity contribution in [3.63, 3.8) is 0 Å². The molecule has 0 spiro atoms. The molecular weight excluding hydrogens is 376 g/mol. The van der Waals surface area contributed by atoms with Crippen molar-refractivity contribution in [1.82, 2.24) is 15.2 Å². The van der Waals surface area contributed by atoms with Gasteiger partial charge in [-0.1, -0.05) is 13.8 Å². The molecule has 7 nitrogen and oxygen atoms in total. The number of likely N-dealkylation sites (N-methyl/N-ethyl adjacent to an activating group) is 1. The average molecular weight is 406 g/mol. The largest absolute Gasteiger partial charge is 0.454 e. The second-order valence-electron chi connectivity index (χ2n) is 7.87. The predicted octanol–water partition coefficient (Wildman–Crippen LogP) is 0.734. The topological polar surface area (TPSA) is 71.0 Å². The number of pyridine rings is 1. The first-order valence-electron chi connectivity index (χ1n) is 9.61. The summed E-state index contributed by atoms with van der Waals surface area (Å²) in [5.41, 5.74) is 1.30. The summed E-state index contributed by atoms with van der Waals surface area (Å²) in [5, 5.41) is 4.91. The van der Waals surface area contributed by atoms with Gasteiger partial charge in [-0.15, -0.1) is 0 Å². The first-order valence-corrected chi connectivity index (χ1v) is 10.0. The fourth-order valence-electron chi connectivity index (χ4n) is 2.98. The van der Waals surface area contributed by atoms with Crippen LogP contribution in [0.2, 0.25) is 0 Å². The third kappa shape index (κ3) is 4.94. The molecule has 0 fully saturated rings. The van der Waals surface area contributed by atoms with Crippen LogP contribution in [-0.4, -0.2) is 55.5 Å². The first-order chi connectivity index (χ1) is 13.3. The lowest BCUT2D eigenvalue weighted by atomic mass is 10.1. The Morgan fingerprint density at radius 1 is 1.29 bits per heavy atom. The van der Waals surface area contributed by atoms with E-state index in [1.165, 1.54) is 4.90 Å². The minimum atomic E-state index is -0.111. The number of rotatable bonds is 7. The Morgan fingerprint density at radius 3 is 2.68 bits per heavy atom. The Morgan fingerprint density at radius 2 is 2.00 bits per heavy atom. The van der Waals surface area contributed by atoms with Gasteiger partial charge in [0.15, 0.2) is 16.6 Å². The first kappa shape index (κ1) is 20.4. The SMILES string of the molecule is CC(C)CNC(=S)N(CC[NH+](C)C)Cc1cc2cc3c(cc2[nH]c1=O)OCO3. The Labute approximate surface area is 170 Å². The number of hydrogen-bond acceptors (Lipinski definition) is 4. The van der Waals surface area contributed by atoms with Crippen LogP contribution in [-0.2, 0) is 6.54 Å². The number of quaternary nitrogens is 1. The van der Waals surface area contributed by atoms with Crippen LogP contribution in [0, 0.1) is 5.92 Å². The quantitative estimate of drug-likeness (QED) is 0.590. The lowest BCUT2D eigenvalue weighted by Crippen LogP contribution is -3.06. The minimum Gasteiger partial charge on any atom is -0.454 e. The number of nitrogens with zero attached hydrogens (tertiary/aromatic N) is 1. The van der Waals surface area contributed by atoms with Gasteiger partial charge in [-0.2, -0.15) is 0 Å². The Hall–Kier alpha value is -2.32. The van der Waals surface area contributed by atoms with Gasteiger partial charge in [0.1, 0.15) is 0 Å². The highest BCUT2D eigenvalue weighted by Crippen LogP contribution is 2.35. The maximum Gasteiger partial charge on any atom is 0.253 e. The maximum atomic E-state index is 12.7. The van der Waals surface area contributed by atoms with E-state index in [2.05, 4.69) is 43.1 Å². The van der Waals surface area contributed by atoms with Crippen molar-refractivity contribution in [2.75, 3.05) is 40.5 Å². The third-order valence-corrected chi connectivity index (χ3v) is 5.01. The summed E-state index contributed by atoms with van der Waals surface area (Å²) in [7, 11) is 4.21. The molecule has 2 heterocycles. The molecule has 0 saturated heterocycles. The van der Waals surface area contributed by atoms with E-state index in [9.17, 15) is 4.79 Å². The van der Waals surface area contributed by atoms with E-state index in [0.29, 0.717) is 34.6 Å². The number of benzene rings is 1. The van der Waals surface area contributed by atoms with Crippen molar-refractivity contribution in [1.29, 1.82) is 0 Å². The Kier molecular flexibility index (Phi) is 6.41. The molecule has 0 aliphatic carbocycles. The van der Waals surface area contributed by atoms with Gasteiger partial charge in [0, 0.05) is 23.6 Å². The summed E-state index contributed by atoms with van der Waals surface area (Å²) in [6, 6.07) is 5.63. The predicted molar refractivity (Wildman–Crippen MR) is 114 cm³/mol. The molecule has 0 saturated carbocycles. The molecule has 2 aromatic rings. The summed E-state index contributed by atoms with van der Waals surface area (Å²) in [6.45, 7) is 7.45. The van der Waals surface area contributed by atoms with Crippen LogP contribution in [0.15, 0.2) is 23.0 Å². The lowest BCUT2D eigenvalue weighted by Gasteiger charge is -2.26. The zero-order chi connectivity index (χ0) is 20.3. The molecule has 1 aliphatic rings. The smallest absolute Gasteiger partial charge is 0.253 e. The van der Waals surface area contributed by atoms with Gasteiger partial charge in [0.2, 0.25) is 6.79 Å². The van der Waals surface area contributed by atoms with Crippen LogP contribution in [0.1, 0.15) is 19.4 Å². The third-order valence-electron chi connectivity index (χ3n) is 4.61. The molecule has 0 amide bonds. The highest BCUT2D eigenvalue weighted by atomic mass is 32.1. The van der Waals surface area contributed by atoms with Crippen molar-refractivity contribution in [3.8, 4) is 11.5 Å².